The van der Waals surface area contributed by atoms with Gasteiger partial charge in [-0.1, -0.05) is 30.1 Å². The molecule has 0 aliphatic heterocycles. The first-order valence-electron chi connectivity index (χ1n) is 7.30. The number of benzene rings is 2. The van der Waals surface area contributed by atoms with Gasteiger partial charge in [-0.05, 0) is 48.9 Å². The molecule has 23 heavy (non-hydrogen) atoms. The predicted molar refractivity (Wildman–Crippen MR) is 95.8 cm³/mol. The van der Waals surface area contributed by atoms with E-state index in [1.807, 2.05) is 12.1 Å². The summed E-state index contributed by atoms with van der Waals surface area (Å²) in [5.74, 6) is 0.620. The molecule has 0 atom stereocenters. The molecule has 0 fully saturated rings. The van der Waals surface area contributed by atoms with Crippen LogP contribution in [0.1, 0.15) is 13.3 Å². The summed E-state index contributed by atoms with van der Waals surface area (Å²) < 4.78 is 5.49. The first-order chi connectivity index (χ1) is 11.1. The Labute approximate surface area is 145 Å². The Morgan fingerprint density at radius 3 is 2.52 bits per heavy atom. The van der Waals surface area contributed by atoms with Gasteiger partial charge in [-0.2, -0.15) is 0 Å². The summed E-state index contributed by atoms with van der Waals surface area (Å²) in [5.41, 5.74) is 1.37. The summed E-state index contributed by atoms with van der Waals surface area (Å²) in [5, 5.41) is 6.80. The summed E-state index contributed by atoms with van der Waals surface area (Å²) in [6.07, 6.45) is 0.956. The number of hydrogen-bond donors (Lipinski definition) is 2. The van der Waals surface area contributed by atoms with Crippen LogP contribution in [-0.4, -0.2) is 19.1 Å². The van der Waals surface area contributed by atoms with Gasteiger partial charge < -0.3 is 15.4 Å². The lowest BCUT2D eigenvalue weighted by atomic mass is 10.3. The van der Waals surface area contributed by atoms with Gasteiger partial charge >= 0.3 is 0 Å². The molecule has 0 bridgehead atoms. The van der Waals surface area contributed by atoms with Crippen molar-refractivity contribution in [2.45, 2.75) is 13.3 Å². The van der Waals surface area contributed by atoms with Crippen molar-refractivity contribution in [1.29, 1.82) is 0 Å². The molecule has 0 unspecified atom stereocenters. The summed E-state index contributed by atoms with van der Waals surface area (Å²) in [4.78, 5) is 11.9. The third-order valence-corrected chi connectivity index (χ3v) is 3.53. The molecule has 0 spiro atoms. The second-order valence-electron chi connectivity index (χ2n) is 4.90. The molecular formula is C17H18Cl2N2O2. The van der Waals surface area contributed by atoms with Crippen LogP contribution in [0.5, 0.6) is 5.75 Å². The molecule has 0 aromatic heterocycles. The molecular weight excluding hydrogens is 335 g/mol. The fraction of sp³-hybridized carbons (Fsp3) is 0.235. The van der Waals surface area contributed by atoms with Gasteiger partial charge in [-0.15, -0.1) is 0 Å². The molecule has 0 heterocycles. The molecule has 0 saturated heterocycles. The van der Waals surface area contributed by atoms with Crippen LogP contribution >= 0.6 is 23.2 Å². The number of hydrogen-bond acceptors (Lipinski definition) is 3. The number of rotatable bonds is 7. The van der Waals surface area contributed by atoms with Crippen molar-refractivity contribution < 1.29 is 9.53 Å². The van der Waals surface area contributed by atoms with Crippen LogP contribution in [0, 0.1) is 0 Å². The van der Waals surface area contributed by atoms with Crippen LogP contribution in [-0.2, 0) is 4.79 Å². The second-order valence-corrected chi connectivity index (χ2v) is 5.74. The van der Waals surface area contributed by atoms with Gasteiger partial charge in [0.25, 0.3) is 0 Å². The van der Waals surface area contributed by atoms with E-state index in [1.165, 1.54) is 0 Å². The molecule has 2 N–H and O–H groups in total. The maximum Gasteiger partial charge on any atom is 0.243 e. The van der Waals surface area contributed by atoms with Crippen LogP contribution in [0.4, 0.5) is 11.4 Å². The molecule has 1 amide bonds. The third-order valence-electron chi connectivity index (χ3n) is 2.98. The smallest absolute Gasteiger partial charge is 0.243 e. The zero-order valence-corrected chi connectivity index (χ0v) is 14.2. The lowest BCUT2D eigenvalue weighted by Gasteiger charge is -2.10. The van der Waals surface area contributed by atoms with Crippen LogP contribution in [0.25, 0.3) is 0 Å². The maximum absolute atomic E-state index is 11.9. The van der Waals surface area contributed by atoms with Crippen molar-refractivity contribution in [1.82, 2.24) is 0 Å². The molecule has 2 rings (SSSR count). The Balaban J connectivity index is 1.84. The molecule has 0 saturated carbocycles. The normalized spacial score (nSPS) is 10.2. The minimum absolute atomic E-state index is 0.107. The standard InChI is InChI=1S/C17H18Cl2N2O2/c1-2-9-23-14-6-4-13(5-7-14)21-17(22)11-20-16-8-3-12(18)10-15(16)19/h3-8,10,20H,2,9,11H2,1H3,(H,21,22). The van der Waals surface area contributed by atoms with E-state index in [0.29, 0.717) is 28.0 Å². The Morgan fingerprint density at radius 1 is 1.13 bits per heavy atom. The van der Waals surface area contributed by atoms with Crippen LogP contribution < -0.4 is 15.4 Å². The van der Waals surface area contributed by atoms with E-state index in [4.69, 9.17) is 27.9 Å². The Bertz CT molecular complexity index is 660. The van der Waals surface area contributed by atoms with Gasteiger partial charge in [0.2, 0.25) is 5.91 Å². The van der Waals surface area contributed by atoms with E-state index in [0.717, 1.165) is 12.2 Å². The van der Waals surface area contributed by atoms with E-state index < -0.39 is 0 Å². The maximum atomic E-state index is 11.9. The average Bonchev–Trinajstić information content (AvgIpc) is 2.53. The van der Waals surface area contributed by atoms with Gasteiger partial charge in [-0.25, -0.2) is 0 Å². The highest BCUT2D eigenvalue weighted by molar-refractivity contribution is 6.36. The van der Waals surface area contributed by atoms with Crippen molar-refractivity contribution in [3.05, 3.63) is 52.5 Å². The van der Waals surface area contributed by atoms with Crippen molar-refractivity contribution >= 4 is 40.5 Å². The molecule has 6 heteroatoms. The number of ether oxygens (including phenoxy) is 1. The Hall–Kier alpha value is -1.91. The molecule has 0 radical (unpaired) electrons. The van der Waals surface area contributed by atoms with Crippen LogP contribution in [0.2, 0.25) is 10.0 Å². The molecule has 2 aromatic carbocycles. The molecule has 0 aliphatic rings. The Kier molecular flexibility index (Phi) is 6.56. The van der Waals surface area contributed by atoms with Crippen molar-refractivity contribution in [2.75, 3.05) is 23.8 Å². The van der Waals surface area contributed by atoms with E-state index in [2.05, 4.69) is 17.6 Å². The van der Waals surface area contributed by atoms with Crippen LogP contribution in [0.15, 0.2) is 42.5 Å². The zero-order chi connectivity index (χ0) is 16.7. The lowest BCUT2D eigenvalue weighted by molar-refractivity contribution is -0.114. The summed E-state index contributed by atoms with van der Waals surface area (Å²) in [7, 11) is 0. The number of halogens is 2. The SMILES string of the molecule is CCCOc1ccc(NC(=O)CNc2ccc(Cl)cc2Cl)cc1. The van der Waals surface area contributed by atoms with E-state index in [1.54, 1.807) is 30.3 Å². The highest BCUT2D eigenvalue weighted by Crippen LogP contribution is 2.25. The number of nitrogens with one attached hydrogen (secondary N) is 2. The molecule has 122 valence electrons. The minimum atomic E-state index is -0.168. The molecule has 4 nitrogen and oxygen atoms in total. The zero-order valence-electron chi connectivity index (χ0n) is 12.7. The average molecular weight is 353 g/mol. The number of carbonyl (C=O) groups excluding carboxylic acids is 1. The molecule has 0 aliphatic carbocycles. The van der Waals surface area contributed by atoms with E-state index in [-0.39, 0.29) is 12.5 Å². The summed E-state index contributed by atoms with van der Waals surface area (Å²) in [6.45, 7) is 2.83. The van der Waals surface area contributed by atoms with Crippen LogP contribution in [0.3, 0.4) is 0 Å². The monoisotopic (exact) mass is 352 g/mol. The van der Waals surface area contributed by atoms with Gasteiger partial charge in [0.05, 0.1) is 23.9 Å². The highest BCUT2D eigenvalue weighted by Gasteiger charge is 2.05. The largest absolute Gasteiger partial charge is 0.494 e. The summed E-state index contributed by atoms with van der Waals surface area (Å²) in [6, 6.07) is 12.3. The third kappa shape index (κ3) is 5.66. The fourth-order valence-electron chi connectivity index (χ4n) is 1.87. The first-order valence-corrected chi connectivity index (χ1v) is 8.05. The van der Waals surface area contributed by atoms with Crippen molar-refractivity contribution in [3.63, 3.8) is 0 Å². The van der Waals surface area contributed by atoms with Gasteiger partial charge in [0.15, 0.2) is 0 Å². The quantitative estimate of drug-likeness (QED) is 0.749. The van der Waals surface area contributed by atoms with Gasteiger partial charge in [0, 0.05) is 10.7 Å². The number of carbonyl (C=O) groups is 1. The molecule has 2 aromatic rings. The number of amides is 1. The lowest BCUT2D eigenvalue weighted by Crippen LogP contribution is -2.21. The minimum Gasteiger partial charge on any atom is -0.494 e. The van der Waals surface area contributed by atoms with E-state index >= 15 is 0 Å². The highest BCUT2D eigenvalue weighted by atomic mass is 35.5. The Morgan fingerprint density at radius 2 is 1.87 bits per heavy atom. The van der Waals surface area contributed by atoms with Gasteiger partial charge in [0.1, 0.15) is 5.75 Å². The summed E-state index contributed by atoms with van der Waals surface area (Å²) >= 11 is 11.9. The van der Waals surface area contributed by atoms with Crippen molar-refractivity contribution in [2.24, 2.45) is 0 Å². The number of anilines is 2. The fourth-order valence-corrected chi connectivity index (χ4v) is 2.34. The topological polar surface area (TPSA) is 50.4 Å². The first kappa shape index (κ1) is 17.4. The van der Waals surface area contributed by atoms with Gasteiger partial charge in [-0.3, -0.25) is 4.79 Å². The second kappa shape index (κ2) is 8.65. The van der Waals surface area contributed by atoms with E-state index in [9.17, 15) is 4.79 Å². The predicted octanol–water partition coefficient (Wildman–Crippen LogP) is 4.83. The van der Waals surface area contributed by atoms with Crippen molar-refractivity contribution in [3.8, 4) is 5.75 Å².